The van der Waals surface area contributed by atoms with Gasteiger partial charge in [-0.15, -0.1) is 0 Å². The Morgan fingerprint density at radius 1 is 1.27 bits per heavy atom. The summed E-state index contributed by atoms with van der Waals surface area (Å²) >= 11 is 1.90. The van der Waals surface area contributed by atoms with E-state index in [1.54, 1.807) is 0 Å². The highest BCUT2D eigenvalue weighted by atomic mass is 32.2. The summed E-state index contributed by atoms with van der Waals surface area (Å²) in [5.41, 5.74) is 0. The van der Waals surface area contributed by atoms with E-state index in [-0.39, 0.29) is 12.0 Å². The monoisotopic (exact) mass is 231 g/mol. The molecule has 3 heteroatoms. The van der Waals surface area contributed by atoms with Gasteiger partial charge in [-0.05, 0) is 17.9 Å². The second kappa shape index (κ2) is 8.17. The van der Waals surface area contributed by atoms with E-state index in [0.717, 1.165) is 17.9 Å². The molecule has 0 aromatic rings. The van der Waals surface area contributed by atoms with Gasteiger partial charge in [-0.1, -0.05) is 34.6 Å². The van der Waals surface area contributed by atoms with Gasteiger partial charge in [-0.25, -0.2) is 0 Å². The molecule has 0 amide bonds. The topological polar surface area (TPSA) is 29.1 Å². The van der Waals surface area contributed by atoms with E-state index in [1.807, 2.05) is 25.6 Å². The third kappa shape index (κ3) is 6.96. The van der Waals surface area contributed by atoms with Gasteiger partial charge in [-0.3, -0.25) is 4.79 Å². The van der Waals surface area contributed by atoms with Gasteiger partial charge in [0.05, 0.1) is 6.04 Å². The molecule has 0 rings (SSSR count). The highest BCUT2D eigenvalue weighted by Crippen LogP contribution is 2.09. The van der Waals surface area contributed by atoms with Crippen LogP contribution in [-0.4, -0.2) is 29.4 Å². The quantitative estimate of drug-likeness (QED) is 0.651. The number of hydrogen-bond acceptors (Lipinski definition) is 3. The second-order valence-corrected chi connectivity index (χ2v) is 5.81. The summed E-state index contributed by atoms with van der Waals surface area (Å²) in [5, 5.41) is 3.36. The molecule has 2 nitrogen and oxygen atoms in total. The fourth-order valence-electron chi connectivity index (χ4n) is 1.46. The van der Waals surface area contributed by atoms with Crippen molar-refractivity contribution >= 4 is 17.5 Å². The number of thioether (sulfide) groups is 1. The van der Waals surface area contributed by atoms with Gasteiger partial charge in [0.25, 0.3) is 0 Å². The molecule has 15 heavy (non-hydrogen) atoms. The summed E-state index contributed by atoms with van der Waals surface area (Å²) in [5.74, 6) is 2.68. The van der Waals surface area contributed by atoms with Crippen LogP contribution in [-0.2, 0) is 4.79 Å². The molecule has 1 atom stereocenters. The van der Waals surface area contributed by atoms with Gasteiger partial charge in [0.15, 0.2) is 5.78 Å². The lowest BCUT2D eigenvalue weighted by atomic mass is 9.99. The Morgan fingerprint density at radius 3 is 2.27 bits per heavy atom. The molecule has 1 unspecified atom stereocenters. The fraction of sp³-hybridized carbons (Fsp3) is 0.917. The van der Waals surface area contributed by atoms with Crippen LogP contribution in [0.4, 0.5) is 0 Å². The summed E-state index contributed by atoms with van der Waals surface area (Å²) in [6, 6.07) is 0.424. The summed E-state index contributed by atoms with van der Waals surface area (Å²) in [6.45, 7) is 10.3. The van der Waals surface area contributed by atoms with Crippen LogP contribution in [0.5, 0.6) is 0 Å². The van der Waals surface area contributed by atoms with Crippen molar-refractivity contribution in [1.82, 2.24) is 5.32 Å². The van der Waals surface area contributed by atoms with Crippen molar-refractivity contribution in [3.63, 3.8) is 0 Å². The number of Topliss-reactive ketones (excluding diaryl/α,β-unsaturated/α-hetero) is 1. The maximum absolute atomic E-state index is 11.9. The molecule has 0 saturated carbocycles. The van der Waals surface area contributed by atoms with Crippen LogP contribution in [0.1, 0.15) is 41.0 Å². The highest BCUT2D eigenvalue weighted by molar-refractivity contribution is 7.99. The molecular formula is C12H25NOS. The zero-order chi connectivity index (χ0) is 11.8. The SMILES string of the molecule is CCSCCC(NC(C)C)C(=O)C(C)C. The third-order valence-electron chi connectivity index (χ3n) is 2.20. The van der Waals surface area contributed by atoms with Gasteiger partial charge >= 0.3 is 0 Å². The van der Waals surface area contributed by atoms with E-state index >= 15 is 0 Å². The molecule has 0 fully saturated rings. The summed E-state index contributed by atoms with van der Waals surface area (Å²) < 4.78 is 0. The summed E-state index contributed by atoms with van der Waals surface area (Å²) in [4.78, 5) is 11.9. The molecule has 0 heterocycles. The predicted molar refractivity (Wildman–Crippen MR) is 69.5 cm³/mol. The molecule has 0 aliphatic heterocycles. The van der Waals surface area contributed by atoms with Crippen molar-refractivity contribution < 1.29 is 4.79 Å². The van der Waals surface area contributed by atoms with Crippen molar-refractivity contribution in [2.24, 2.45) is 5.92 Å². The number of carbonyl (C=O) groups excluding carboxylic acids is 1. The van der Waals surface area contributed by atoms with Crippen molar-refractivity contribution in [3.8, 4) is 0 Å². The Hall–Kier alpha value is -0.0200. The molecule has 0 aliphatic rings. The maximum atomic E-state index is 11.9. The minimum absolute atomic E-state index is 0.0454. The first-order valence-electron chi connectivity index (χ1n) is 5.86. The average molecular weight is 231 g/mol. The Morgan fingerprint density at radius 2 is 1.87 bits per heavy atom. The van der Waals surface area contributed by atoms with Crippen molar-refractivity contribution in [1.29, 1.82) is 0 Å². The molecule has 0 bridgehead atoms. The van der Waals surface area contributed by atoms with Crippen LogP contribution < -0.4 is 5.32 Å². The van der Waals surface area contributed by atoms with Gasteiger partial charge in [0, 0.05) is 12.0 Å². The minimum atomic E-state index is 0.0454. The van der Waals surface area contributed by atoms with Crippen LogP contribution in [0, 0.1) is 5.92 Å². The number of hydrogen-bond donors (Lipinski definition) is 1. The molecule has 0 radical (unpaired) electrons. The first kappa shape index (κ1) is 15.0. The molecule has 1 N–H and O–H groups in total. The number of nitrogens with one attached hydrogen (secondary N) is 1. The van der Waals surface area contributed by atoms with Crippen LogP contribution in [0.3, 0.4) is 0 Å². The van der Waals surface area contributed by atoms with E-state index in [0.29, 0.717) is 11.8 Å². The van der Waals surface area contributed by atoms with E-state index in [4.69, 9.17) is 0 Å². The predicted octanol–water partition coefficient (Wildman–Crippen LogP) is 2.72. The van der Waals surface area contributed by atoms with Gasteiger partial charge in [0.2, 0.25) is 0 Å². The first-order valence-corrected chi connectivity index (χ1v) is 7.02. The van der Waals surface area contributed by atoms with E-state index in [9.17, 15) is 4.79 Å². The standard InChI is InChI=1S/C12H25NOS/c1-6-15-8-7-11(13-10(4)5)12(14)9(2)3/h9-11,13H,6-8H2,1-5H3. The van der Waals surface area contributed by atoms with E-state index < -0.39 is 0 Å². The van der Waals surface area contributed by atoms with Crippen LogP contribution >= 0.6 is 11.8 Å². The van der Waals surface area contributed by atoms with Crippen molar-refractivity contribution in [2.45, 2.75) is 53.1 Å². The molecule has 0 aliphatic carbocycles. The number of ketones is 1. The zero-order valence-electron chi connectivity index (χ0n) is 10.7. The zero-order valence-corrected chi connectivity index (χ0v) is 11.5. The lowest BCUT2D eigenvalue weighted by molar-refractivity contribution is -0.124. The van der Waals surface area contributed by atoms with Crippen molar-refractivity contribution in [2.75, 3.05) is 11.5 Å². The first-order chi connectivity index (χ1) is 6.99. The van der Waals surface area contributed by atoms with Gasteiger partial charge in [0.1, 0.15) is 0 Å². The Kier molecular flexibility index (Phi) is 8.16. The Balaban J connectivity index is 4.11. The largest absolute Gasteiger partial charge is 0.305 e. The Labute approximate surface area is 98.6 Å². The van der Waals surface area contributed by atoms with Crippen LogP contribution in [0.2, 0.25) is 0 Å². The molecule has 0 aromatic heterocycles. The maximum Gasteiger partial charge on any atom is 0.152 e. The summed E-state index contributed by atoms with van der Waals surface area (Å²) in [7, 11) is 0. The van der Waals surface area contributed by atoms with Crippen molar-refractivity contribution in [3.05, 3.63) is 0 Å². The lowest BCUT2D eigenvalue weighted by Gasteiger charge is -2.21. The minimum Gasteiger partial charge on any atom is -0.305 e. The van der Waals surface area contributed by atoms with E-state index in [1.165, 1.54) is 0 Å². The number of rotatable bonds is 8. The lowest BCUT2D eigenvalue weighted by Crippen LogP contribution is -2.43. The smallest absolute Gasteiger partial charge is 0.152 e. The fourth-order valence-corrected chi connectivity index (χ4v) is 2.15. The normalized spacial score (nSPS) is 13.5. The third-order valence-corrected chi connectivity index (χ3v) is 3.13. The molecule has 0 saturated heterocycles. The molecule has 0 spiro atoms. The van der Waals surface area contributed by atoms with Gasteiger partial charge in [-0.2, -0.15) is 11.8 Å². The Bertz CT molecular complexity index is 180. The van der Waals surface area contributed by atoms with E-state index in [2.05, 4.69) is 26.1 Å². The molecule has 0 aromatic carbocycles. The van der Waals surface area contributed by atoms with Gasteiger partial charge < -0.3 is 5.32 Å². The number of carbonyl (C=O) groups is 1. The second-order valence-electron chi connectivity index (χ2n) is 4.42. The highest BCUT2D eigenvalue weighted by Gasteiger charge is 2.20. The molecule has 90 valence electrons. The van der Waals surface area contributed by atoms with Crippen LogP contribution in [0.15, 0.2) is 0 Å². The van der Waals surface area contributed by atoms with Crippen LogP contribution in [0.25, 0.3) is 0 Å². The average Bonchev–Trinajstić information content (AvgIpc) is 2.14. The summed E-state index contributed by atoms with van der Waals surface area (Å²) in [6.07, 6.45) is 0.952. The molecular weight excluding hydrogens is 206 g/mol.